The van der Waals surface area contributed by atoms with Crippen LogP contribution in [0, 0.1) is 0 Å². The Balaban J connectivity index is 1.32. The second-order valence-corrected chi connectivity index (χ2v) is 12.4. The predicted octanol–water partition coefficient (Wildman–Crippen LogP) is 14.4. The molecule has 11 aromatic rings. The second-order valence-electron chi connectivity index (χ2n) is 12.4. The summed E-state index contributed by atoms with van der Waals surface area (Å²) in [4.78, 5) is 0. The summed E-state index contributed by atoms with van der Waals surface area (Å²) in [6, 6.07) is 19.0. The molecule has 0 aliphatic carbocycles. The van der Waals surface area contributed by atoms with E-state index in [2.05, 4.69) is 0 Å². The molecule has 0 saturated carbocycles. The normalized spacial score (nSPS) is 16.0. The lowest BCUT2D eigenvalue weighted by Gasteiger charge is -2.19. The molecule has 0 amide bonds. The van der Waals surface area contributed by atoms with Crippen molar-refractivity contribution in [1.29, 1.82) is 0 Å². The molecule has 1 nitrogen and oxygen atoms in total. The molecule has 0 spiro atoms. The van der Waals surface area contributed by atoms with Crippen LogP contribution in [0.4, 0.5) is 0 Å². The molecule has 0 aliphatic rings. The van der Waals surface area contributed by atoms with Crippen LogP contribution in [-0.4, -0.2) is 0 Å². The molecule has 0 aliphatic heterocycles. The molecule has 51 heavy (non-hydrogen) atoms. The van der Waals surface area contributed by atoms with Crippen LogP contribution in [0.3, 0.4) is 0 Å². The van der Waals surface area contributed by atoms with Crippen LogP contribution in [-0.2, 0) is 0 Å². The van der Waals surface area contributed by atoms with Gasteiger partial charge < -0.3 is 4.42 Å². The summed E-state index contributed by atoms with van der Waals surface area (Å²) in [5, 5.41) is 3.44. The highest BCUT2D eigenvalue weighted by Gasteiger charge is 2.19. The third kappa shape index (κ3) is 4.22. The largest absolute Gasteiger partial charge is 0.455 e. The van der Waals surface area contributed by atoms with E-state index >= 15 is 0 Å². The lowest BCUT2D eigenvalue weighted by Crippen LogP contribution is -1.91. The summed E-state index contributed by atoms with van der Waals surface area (Å²) in [6.45, 7) is 0. The fraction of sp³-hybridized carbons (Fsp3) is 0. The van der Waals surface area contributed by atoms with E-state index in [1.165, 1.54) is 0 Å². The van der Waals surface area contributed by atoms with Crippen molar-refractivity contribution in [2.45, 2.75) is 0 Å². The Morgan fingerprint density at radius 3 is 1.82 bits per heavy atom. The molecule has 0 atom stereocenters. The smallest absolute Gasteiger partial charge is 0.143 e. The Bertz CT molecular complexity index is 3980. The highest BCUT2D eigenvalue weighted by molar-refractivity contribution is 6.23. The third-order valence-corrected chi connectivity index (χ3v) is 9.72. The van der Waals surface area contributed by atoms with Crippen molar-refractivity contribution in [3.05, 3.63) is 182 Å². The molecular weight excluding hydrogens is 617 g/mol. The molecule has 0 unspecified atom stereocenters. The molecular formula is C50H30O. The zero-order valence-electron chi connectivity index (χ0n) is 41.6. The molecule has 0 radical (unpaired) electrons. The Kier molecular flexibility index (Phi) is 3.70. The average Bonchev–Trinajstić information content (AvgIpc) is 3.72. The van der Waals surface area contributed by atoms with Gasteiger partial charge in [0.1, 0.15) is 11.2 Å². The SMILES string of the molecule is [2H]c1c([2H])c([2H])c2c([2H])c(-c3c4c([2H])c([2H])c([2H])c([2H])c4c(-c4ccc5cccc(-c6cccc7oc8c9ccccc9ccc8c67)c5c4)c4c([2H])c([2H])c([2H])c([2H])c34)c([2H])c([2H])c2c1[2H]. The topological polar surface area (TPSA) is 13.1 Å². The number of benzene rings is 10. The molecule has 11 rings (SSSR count). The van der Waals surface area contributed by atoms with E-state index in [-0.39, 0.29) is 32.7 Å². The fourth-order valence-electron chi connectivity index (χ4n) is 7.51. The first-order valence-corrected chi connectivity index (χ1v) is 16.4. The van der Waals surface area contributed by atoms with Gasteiger partial charge in [-0.05, 0) is 106 Å². The van der Waals surface area contributed by atoms with Crippen molar-refractivity contribution in [3.8, 4) is 33.4 Å². The maximum atomic E-state index is 9.52. The predicted molar refractivity (Wildman–Crippen MR) is 218 cm³/mol. The number of hydrogen-bond donors (Lipinski definition) is 0. The number of hydrogen-bond acceptors (Lipinski definition) is 1. The number of fused-ring (bicyclic) bond motifs is 9. The van der Waals surface area contributed by atoms with Gasteiger partial charge in [0.2, 0.25) is 0 Å². The zero-order chi connectivity index (χ0) is 46.5. The molecule has 1 aromatic heterocycles. The van der Waals surface area contributed by atoms with Crippen LogP contribution in [0.1, 0.15) is 20.6 Å². The molecule has 236 valence electrons. The van der Waals surface area contributed by atoms with Gasteiger partial charge in [-0.1, -0.05) is 157 Å². The Labute approximate surface area is 315 Å². The summed E-state index contributed by atoms with van der Waals surface area (Å²) < 4.78 is 142. The highest BCUT2D eigenvalue weighted by atomic mass is 16.3. The van der Waals surface area contributed by atoms with Crippen LogP contribution < -0.4 is 0 Å². The van der Waals surface area contributed by atoms with E-state index in [1.54, 1.807) is 6.07 Å². The van der Waals surface area contributed by atoms with Crippen LogP contribution in [0.15, 0.2) is 186 Å². The summed E-state index contributed by atoms with van der Waals surface area (Å²) in [7, 11) is 0. The van der Waals surface area contributed by atoms with E-state index in [4.69, 9.17) is 16.8 Å². The van der Waals surface area contributed by atoms with E-state index in [1.807, 2.05) is 84.9 Å². The van der Waals surface area contributed by atoms with Gasteiger partial charge in [-0.25, -0.2) is 0 Å². The molecule has 1 heteroatoms. The van der Waals surface area contributed by atoms with Gasteiger partial charge in [-0.15, -0.1) is 0 Å². The van der Waals surface area contributed by atoms with Gasteiger partial charge in [-0.3, -0.25) is 0 Å². The van der Waals surface area contributed by atoms with Gasteiger partial charge in [0.05, 0.1) is 20.6 Å². The molecule has 0 bridgehead atoms. The number of rotatable bonds is 3. The van der Waals surface area contributed by atoms with Gasteiger partial charge in [-0.2, -0.15) is 0 Å². The Hall–Kier alpha value is -6.70. The lowest BCUT2D eigenvalue weighted by molar-refractivity contribution is 0.673. The first-order chi connectivity index (χ1) is 31.5. The zero-order valence-corrected chi connectivity index (χ0v) is 26.6. The Morgan fingerprint density at radius 2 is 1.02 bits per heavy atom. The monoisotopic (exact) mass is 661 g/mol. The van der Waals surface area contributed by atoms with Crippen molar-refractivity contribution in [2.24, 2.45) is 0 Å². The van der Waals surface area contributed by atoms with Gasteiger partial charge in [0.15, 0.2) is 0 Å². The maximum Gasteiger partial charge on any atom is 0.143 e. The van der Waals surface area contributed by atoms with Gasteiger partial charge >= 0.3 is 0 Å². The van der Waals surface area contributed by atoms with Crippen LogP contribution in [0.5, 0.6) is 0 Å². The molecule has 0 N–H and O–H groups in total. The number of furan rings is 1. The minimum absolute atomic E-state index is 0.0322. The minimum atomic E-state index is -0.739. The minimum Gasteiger partial charge on any atom is -0.455 e. The lowest BCUT2D eigenvalue weighted by atomic mass is 9.84. The summed E-state index contributed by atoms with van der Waals surface area (Å²) >= 11 is 0. The van der Waals surface area contributed by atoms with E-state index in [9.17, 15) is 8.22 Å². The van der Waals surface area contributed by atoms with Crippen molar-refractivity contribution < 1.29 is 25.0 Å². The van der Waals surface area contributed by atoms with E-state index in [0.29, 0.717) is 16.5 Å². The van der Waals surface area contributed by atoms with Gasteiger partial charge in [0, 0.05) is 16.2 Å². The molecule has 0 fully saturated rings. The van der Waals surface area contributed by atoms with Crippen molar-refractivity contribution in [1.82, 2.24) is 0 Å². The average molecular weight is 662 g/mol. The van der Waals surface area contributed by atoms with Crippen LogP contribution in [0.25, 0.3) is 109 Å². The quantitative estimate of drug-likeness (QED) is 0.172. The van der Waals surface area contributed by atoms with E-state index < -0.39 is 107 Å². The third-order valence-electron chi connectivity index (χ3n) is 9.72. The van der Waals surface area contributed by atoms with E-state index in [0.717, 1.165) is 43.6 Å². The summed E-state index contributed by atoms with van der Waals surface area (Å²) in [6.07, 6.45) is 0. The standard InChI is InChI=1S/C50H30O/c1-2-13-34-29-35(25-23-31(34)11-1)47-40-16-5-7-18-42(40)48(43-19-8-6-17-41(43)47)36-26-24-33-14-9-20-38(45(33)30-36)39-21-10-22-46-49(39)44-28-27-32-12-3-4-15-37(32)50(44)51-46/h1-30H/i1D,2D,5D,6D,7D,8D,11D,13D,16D,17D,18D,19D,23D,25D,29D. The van der Waals surface area contributed by atoms with Gasteiger partial charge in [0.25, 0.3) is 0 Å². The Morgan fingerprint density at radius 1 is 0.392 bits per heavy atom. The van der Waals surface area contributed by atoms with Crippen molar-refractivity contribution in [2.75, 3.05) is 0 Å². The molecule has 1 heterocycles. The van der Waals surface area contributed by atoms with Crippen molar-refractivity contribution >= 4 is 75.8 Å². The summed E-state index contributed by atoms with van der Waals surface area (Å²) in [5.74, 6) is 0. The first-order valence-electron chi connectivity index (χ1n) is 23.9. The first kappa shape index (κ1) is 17.3. The maximum absolute atomic E-state index is 9.52. The second kappa shape index (κ2) is 10.9. The van der Waals surface area contributed by atoms with Crippen LogP contribution >= 0.6 is 0 Å². The summed E-state index contributed by atoms with van der Waals surface area (Å²) in [5.41, 5.74) is 2.51. The van der Waals surface area contributed by atoms with Crippen LogP contribution in [0.2, 0.25) is 0 Å². The van der Waals surface area contributed by atoms with Crippen molar-refractivity contribution in [3.63, 3.8) is 0 Å². The fourth-order valence-corrected chi connectivity index (χ4v) is 7.51. The molecule has 0 saturated heterocycles. The highest BCUT2D eigenvalue weighted by Crippen LogP contribution is 2.46. The molecule has 10 aromatic carbocycles.